The van der Waals surface area contributed by atoms with Crippen LogP contribution in [0.25, 0.3) is 0 Å². The van der Waals surface area contributed by atoms with Crippen LogP contribution in [0.4, 0.5) is 0 Å². The van der Waals surface area contributed by atoms with E-state index in [1.165, 1.54) is 51.6 Å². The summed E-state index contributed by atoms with van der Waals surface area (Å²) in [6.45, 7) is 7.75. The van der Waals surface area contributed by atoms with Crippen LogP contribution in [-0.2, 0) is 4.74 Å². The largest absolute Gasteiger partial charge is 0.377 e. The molecule has 3 heteroatoms. The first-order valence-corrected chi connectivity index (χ1v) is 8.35. The Hall–Kier alpha value is -0.120. The molecule has 1 aliphatic heterocycles. The third-order valence-electron chi connectivity index (χ3n) is 4.84. The quantitative estimate of drug-likeness (QED) is 0.805. The fourth-order valence-electron chi connectivity index (χ4n) is 3.61. The molecule has 0 bridgehead atoms. The van der Waals surface area contributed by atoms with Crippen LogP contribution in [0.1, 0.15) is 51.9 Å². The predicted molar refractivity (Wildman–Crippen MR) is 80.2 cm³/mol. The summed E-state index contributed by atoms with van der Waals surface area (Å²) in [6, 6.07) is 0. The maximum absolute atomic E-state index is 5.93. The van der Waals surface area contributed by atoms with E-state index in [4.69, 9.17) is 10.5 Å². The molecule has 1 heterocycles. The smallest absolute Gasteiger partial charge is 0.0702 e. The average molecular weight is 268 g/mol. The van der Waals surface area contributed by atoms with Crippen molar-refractivity contribution in [3.05, 3.63) is 0 Å². The third kappa shape index (κ3) is 5.05. The van der Waals surface area contributed by atoms with Crippen LogP contribution in [0.2, 0.25) is 0 Å². The minimum atomic E-state index is 0.495. The first-order valence-electron chi connectivity index (χ1n) is 8.35. The van der Waals surface area contributed by atoms with Gasteiger partial charge in [0.05, 0.1) is 6.10 Å². The van der Waals surface area contributed by atoms with Crippen molar-refractivity contribution in [2.45, 2.75) is 58.0 Å². The highest BCUT2D eigenvalue weighted by molar-refractivity contribution is 4.79. The molecule has 1 aliphatic carbocycles. The Morgan fingerprint density at radius 1 is 1.11 bits per heavy atom. The van der Waals surface area contributed by atoms with Gasteiger partial charge in [0.25, 0.3) is 0 Å². The van der Waals surface area contributed by atoms with E-state index >= 15 is 0 Å². The highest BCUT2D eigenvalue weighted by Crippen LogP contribution is 2.29. The van der Waals surface area contributed by atoms with Gasteiger partial charge >= 0.3 is 0 Å². The maximum Gasteiger partial charge on any atom is 0.0702 e. The van der Waals surface area contributed by atoms with Crippen molar-refractivity contribution in [3.8, 4) is 0 Å². The molecule has 2 rings (SSSR count). The Bertz CT molecular complexity index is 239. The number of nitrogens with two attached hydrogens (primary N) is 1. The van der Waals surface area contributed by atoms with Crippen molar-refractivity contribution in [2.24, 2.45) is 17.6 Å². The molecule has 0 spiro atoms. The number of hydrogen-bond donors (Lipinski definition) is 1. The van der Waals surface area contributed by atoms with Crippen molar-refractivity contribution in [1.29, 1.82) is 0 Å². The van der Waals surface area contributed by atoms with E-state index in [1.54, 1.807) is 0 Å². The second-order valence-corrected chi connectivity index (χ2v) is 6.52. The molecule has 0 aromatic carbocycles. The molecular formula is C16H32N2O. The van der Waals surface area contributed by atoms with Gasteiger partial charge in [0.2, 0.25) is 0 Å². The van der Waals surface area contributed by atoms with E-state index in [0.29, 0.717) is 6.10 Å². The van der Waals surface area contributed by atoms with E-state index in [-0.39, 0.29) is 0 Å². The second-order valence-electron chi connectivity index (χ2n) is 6.52. The summed E-state index contributed by atoms with van der Waals surface area (Å²) < 4.78 is 5.93. The Balaban J connectivity index is 1.67. The van der Waals surface area contributed by atoms with E-state index in [0.717, 1.165) is 38.0 Å². The molecule has 1 atom stereocenters. The number of nitrogens with zero attached hydrogens (tertiary/aromatic N) is 1. The number of hydrogen-bond acceptors (Lipinski definition) is 3. The summed E-state index contributed by atoms with van der Waals surface area (Å²) in [5.74, 6) is 1.71. The highest BCUT2D eigenvalue weighted by atomic mass is 16.5. The van der Waals surface area contributed by atoms with Gasteiger partial charge in [-0.05, 0) is 69.9 Å². The van der Waals surface area contributed by atoms with E-state index in [9.17, 15) is 0 Å². The Labute approximate surface area is 118 Å². The molecule has 1 saturated heterocycles. The lowest BCUT2D eigenvalue weighted by molar-refractivity contribution is -0.00582. The Kier molecular flexibility index (Phi) is 6.62. The summed E-state index contributed by atoms with van der Waals surface area (Å²) in [7, 11) is 0. The molecule has 3 nitrogen and oxygen atoms in total. The molecule has 0 aromatic rings. The molecule has 19 heavy (non-hydrogen) atoms. The normalized spacial score (nSPS) is 33.5. The van der Waals surface area contributed by atoms with Crippen molar-refractivity contribution in [2.75, 3.05) is 32.8 Å². The summed E-state index contributed by atoms with van der Waals surface area (Å²) in [6.07, 6.45) is 9.68. The van der Waals surface area contributed by atoms with Crippen LogP contribution >= 0.6 is 0 Å². The Morgan fingerprint density at radius 2 is 1.84 bits per heavy atom. The number of rotatable bonds is 6. The molecule has 2 N–H and O–H groups in total. The van der Waals surface area contributed by atoms with E-state index < -0.39 is 0 Å². The van der Waals surface area contributed by atoms with Crippen LogP contribution in [0.3, 0.4) is 0 Å². The van der Waals surface area contributed by atoms with Gasteiger partial charge in [0, 0.05) is 19.7 Å². The van der Waals surface area contributed by atoms with Crippen LogP contribution < -0.4 is 5.73 Å². The summed E-state index contributed by atoms with van der Waals surface area (Å²) in [4.78, 5) is 2.65. The molecule has 2 fully saturated rings. The van der Waals surface area contributed by atoms with Gasteiger partial charge in [-0.25, -0.2) is 0 Å². The van der Waals surface area contributed by atoms with Crippen molar-refractivity contribution in [1.82, 2.24) is 4.90 Å². The van der Waals surface area contributed by atoms with Crippen LogP contribution in [0.5, 0.6) is 0 Å². The van der Waals surface area contributed by atoms with Crippen LogP contribution in [0.15, 0.2) is 0 Å². The lowest BCUT2D eigenvalue weighted by Crippen LogP contribution is -2.42. The molecule has 2 aliphatic rings. The standard InChI is InChI=1S/C16H32N2O/c1-2-10-19-16-4-3-9-18(13-16)12-15-7-5-14(11-17)6-8-15/h14-16H,2-13,17H2,1H3. The number of ether oxygens (including phenoxy) is 1. The maximum atomic E-state index is 5.93. The van der Waals surface area contributed by atoms with Crippen molar-refractivity contribution >= 4 is 0 Å². The molecular weight excluding hydrogens is 236 g/mol. The Morgan fingerprint density at radius 3 is 2.53 bits per heavy atom. The highest BCUT2D eigenvalue weighted by Gasteiger charge is 2.25. The minimum absolute atomic E-state index is 0.495. The van der Waals surface area contributed by atoms with Crippen molar-refractivity contribution in [3.63, 3.8) is 0 Å². The molecule has 1 unspecified atom stereocenters. The lowest BCUT2D eigenvalue weighted by Gasteiger charge is -2.37. The van der Waals surface area contributed by atoms with Gasteiger partial charge in [0.1, 0.15) is 0 Å². The van der Waals surface area contributed by atoms with Gasteiger partial charge < -0.3 is 15.4 Å². The topological polar surface area (TPSA) is 38.5 Å². The molecule has 0 aromatic heterocycles. The van der Waals surface area contributed by atoms with Gasteiger partial charge in [-0.3, -0.25) is 0 Å². The third-order valence-corrected chi connectivity index (χ3v) is 4.84. The van der Waals surface area contributed by atoms with Crippen molar-refractivity contribution < 1.29 is 4.74 Å². The number of piperidine rings is 1. The summed E-state index contributed by atoms with van der Waals surface area (Å²) in [5, 5.41) is 0. The van der Waals surface area contributed by atoms with Gasteiger partial charge in [0.15, 0.2) is 0 Å². The molecule has 112 valence electrons. The van der Waals surface area contributed by atoms with Gasteiger partial charge in [-0.15, -0.1) is 0 Å². The van der Waals surface area contributed by atoms with Crippen LogP contribution in [-0.4, -0.2) is 43.8 Å². The average Bonchev–Trinajstić information content (AvgIpc) is 2.46. The first kappa shape index (κ1) is 15.3. The zero-order valence-corrected chi connectivity index (χ0v) is 12.7. The predicted octanol–water partition coefficient (Wildman–Crippen LogP) is 2.64. The van der Waals surface area contributed by atoms with Crippen LogP contribution in [0, 0.1) is 11.8 Å². The minimum Gasteiger partial charge on any atom is -0.377 e. The summed E-state index contributed by atoms with van der Waals surface area (Å²) in [5.41, 5.74) is 5.77. The molecule has 0 radical (unpaired) electrons. The SMILES string of the molecule is CCCOC1CCCN(CC2CCC(CN)CC2)C1. The first-order chi connectivity index (χ1) is 9.31. The van der Waals surface area contributed by atoms with E-state index in [2.05, 4.69) is 11.8 Å². The van der Waals surface area contributed by atoms with E-state index in [1.807, 2.05) is 0 Å². The van der Waals surface area contributed by atoms with Gasteiger partial charge in [-0.1, -0.05) is 6.92 Å². The fraction of sp³-hybridized carbons (Fsp3) is 1.00. The van der Waals surface area contributed by atoms with Gasteiger partial charge in [-0.2, -0.15) is 0 Å². The second kappa shape index (κ2) is 8.23. The zero-order chi connectivity index (χ0) is 13.5. The lowest BCUT2D eigenvalue weighted by atomic mass is 9.81. The monoisotopic (exact) mass is 268 g/mol. The summed E-state index contributed by atoms with van der Waals surface area (Å²) >= 11 is 0. The fourth-order valence-corrected chi connectivity index (χ4v) is 3.61. The molecule has 0 amide bonds. The molecule has 1 saturated carbocycles. The zero-order valence-electron chi connectivity index (χ0n) is 12.7. The number of likely N-dealkylation sites (tertiary alicyclic amines) is 1.